The van der Waals surface area contributed by atoms with Crippen LogP contribution in [0.1, 0.15) is 25.8 Å². The zero-order chi connectivity index (χ0) is 14.4. The van der Waals surface area contributed by atoms with E-state index in [0.29, 0.717) is 29.3 Å². The van der Waals surface area contributed by atoms with Crippen molar-refractivity contribution in [2.75, 3.05) is 18.2 Å². The van der Waals surface area contributed by atoms with Crippen molar-refractivity contribution in [2.45, 2.75) is 26.3 Å². The fraction of sp³-hybridized carbons (Fsp3) is 0.429. The molecule has 1 unspecified atom stereocenters. The third kappa shape index (κ3) is 4.18. The van der Waals surface area contributed by atoms with Crippen molar-refractivity contribution in [3.8, 4) is 6.07 Å². The summed E-state index contributed by atoms with van der Waals surface area (Å²) in [6.45, 7) is 4.04. The Kier molecular flexibility index (Phi) is 5.19. The van der Waals surface area contributed by atoms with Crippen molar-refractivity contribution >= 4 is 17.3 Å². The van der Waals surface area contributed by atoms with Crippen LogP contribution in [0.15, 0.2) is 18.2 Å². The first-order valence-corrected chi connectivity index (χ1v) is 6.12. The van der Waals surface area contributed by atoms with E-state index in [9.17, 15) is 4.79 Å². The van der Waals surface area contributed by atoms with Gasteiger partial charge >= 0.3 is 5.97 Å². The van der Waals surface area contributed by atoms with Gasteiger partial charge in [-0.15, -0.1) is 0 Å². The first-order valence-electron chi connectivity index (χ1n) is 6.12. The first-order chi connectivity index (χ1) is 8.97. The van der Waals surface area contributed by atoms with Gasteiger partial charge < -0.3 is 15.8 Å². The van der Waals surface area contributed by atoms with Gasteiger partial charge in [0.15, 0.2) is 0 Å². The maximum atomic E-state index is 11.7. The van der Waals surface area contributed by atoms with Crippen molar-refractivity contribution in [1.29, 1.82) is 5.26 Å². The minimum absolute atomic E-state index is 0.330. The van der Waals surface area contributed by atoms with E-state index in [0.717, 1.165) is 0 Å². The summed E-state index contributed by atoms with van der Waals surface area (Å²) in [5.74, 6) is -0.00895. The molecular weight excluding hydrogens is 242 g/mol. The summed E-state index contributed by atoms with van der Waals surface area (Å²) in [5, 5.41) is 12.1. The standard InChI is InChI=1S/C14H19N3O2/c1-9(2)6-13(14(18)19-3)17-12-5-4-11(16)7-10(12)8-15/h4-5,7,9,13,17H,6,16H2,1-3H3. The molecule has 1 aromatic carbocycles. The number of anilines is 2. The van der Waals surface area contributed by atoms with Crippen LogP contribution >= 0.6 is 0 Å². The number of hydrogen-bond donors (Lipinski definition) is 2. The molecule has 3 N–H and O–H groups in total. The SMILES string of the molecule is COC(=O)C(CC(C)C)Nc1ccc(N)cc1C#N. The van der Waals surface area contributed by atoms with E-state index >= 15 is 0 Å². The Hall–Kier alpha value is -2.22. The third-order valence-corrected chi connectivity index (χ3v) is 2.69. The van der Waals surface area contributed by atoms with Crippen LogP contribution in [-0.2, 0) is 9.53 Å². The zero-order valence-corrected chi connectivity index (χ0v) is 11.4. The largest absolute Gasteiger partial charge is 0.467 e. The molecule has 1 atom stereocenters. The summed E-state index contributed by atoms with van der Waals surface area (Å²) >= 11 is 0. The van der Waals surface area contributed by atoms with Gasteiger partial charge in [0.25, 0.3) is 0 Å². The lowest BCUT2D eigenvalue weighted by molar-refractivity contribution is -0.141. The number of nitrogen functional groups attached to an aromatic ring is 1. The summed E-state index contributed by atoms with van der Waals surface area (Å²) in [4.78, 5) is 11.7. The number of nitrogens with two attached hydrogens (primary N) is 1. The van der Waals surface area contributed by atoms with Crippen LogP contribution in [0.25, 0.3) is 0 Å². The Morgan fingerprint density at radius 3 is 2.74 bits per heavy atom. The molecule has 5 heteroatoms. The second-order valence-electron chi connectivity index (χ2n) is 4.77. The van der Waals surface area contributed by atoms with Gasteiger partial charge in [0.05, 0.1) is 18.4 Å². The predicted molar refractivity (Wildman–Crippen MR) is 74.5 cm³/mol. The Labute approximate surface area is 113 Å². The fourth-order valence-electron chi connectivity index (χ4n) is 1.80. The van der Waals surface area contributed by atoms with Gasteiger partial charge in [-0.2, -0.15) is 5.26 Å². The van der Waals surface area contributed by atoms with E-state index in [1.165, 1.54) is 7.11 Å². The average molecular weight is 261 g/mol. The highest BCUT2D eigenvalue weighted by atomic mass is 16.5. The molecule has 0 aliphatic heterocycles. The highest BCUT2D eigenvalue weighted by Crippen LogP contribution is 2.21. The Morgan fingerprint density at radius 1 is 1.53 bits per heavy atom. The molecule has 1 rings (SSSR count). The number of esters is 1. The van der Waals surface area contributed by atoms with Crippen molar-refractivity contribution < 1.29 is 9.53 Å². The summed E-state index contributed by atoms with van der Waals surface area (Å²) in [6, 6.07) is 6.55. The van der Waals surface area contributed by atoms with Gasteiger partial charge in [0.2, 0.25) is 0 Å². The lowest BCUT2D eigenvalue weighted by atomic mass is 10.0. The number of nitrogens with zero attached hydrogens (tertiary/aromatic N) is 1. The van der Waals surface area contributed by atoms with Crippen molar-refractivity contribution in [1.82, 2.24) is 0 Å². The van der Waals surface area contributed by atoms with E-state index in [2.05, 4.69) is 11.4 Å². The molecule has 0 saturated carbocycles. The second kappa shape index (κ2) is 6.64. The molecule has 0 bridgehead atoms. The predicted octanol–water partition coefficient (Wildman–Crippen LogP) is 2.14. The highest BCUT2D eigenvalue weighted by Gasteiger charge is 2.21. The fourth-order valence-corrected chi connectivity index (χ4v) is 1.80. The zero-order valence-electron chi connectivity index (χ0n) is 11.4. The van der Waals surface area contributed by atoms with Crippen LogP contribution in [0.2, 0.25) is 0 Å². The van der Waals surface area contributed by atoms with E-state index in [-0.39, 0.29) is 5.97 Å². The molecule has 0 aliphatic carbocycles. The third-order valence-electron chi connectivity index (χ3n) is 2.69. The van der Waals surface area contributed by atoms with Crippen molar-refractivity contribution in [2.24, 2.45) is 5.92 Å². The topological polar surface area (TPSA) is 88.1 Å². The summed E-state index contributed by atoms with van der Waals surface area (Å²) in [7, 11) is 1.35. The summed E-state index contributed by atoms with van der Waals surface area (Å²) in [6.07, 6.45) is 0.627. The van der Waals surface area contributed by atoms with Gasteiger partial charge in [-0.05, 0) is 30.5 Å². The van der Waals surface area contributed by atoms with E-state index in [4.69, 9.17) is 15.7 Å². The number of nitriles is 1. The van der Waals surface area contributed by atoms with Crippen LogP contribution in [-0.4, -0.2) is 19.1 Å². The molecule has 0 aliphatic rings. The molecule has 0 spiro atoms. The van der Waals surface area contributed by atoms with E-state index in [1.807, 2.05) is 13.8 Å². The van der Waals surface area contributed by atoms with Crippen LogP contribution in [0.5, 0.6) is 0 Å². The van der Waals surface area contributed by atoms with Crippen LogP contribution in [0, 0.1) is 17.2 Å². The number of nitrogens with one attached hydrogen (secondary N) is 1. The summed E-state index contributed by atoms with van der Waals surface area (Å²) < 4.78 is 4.77. The normalized spacial score (nSPS) is 11.7. The molecule has 0 fully saturated rings. The molecule has 0 saturated heterocycles. The van der Waals surface area contributed by atoms with E-state index < -0.39 is 6.04 Å². The lowest BCUT2D eigenvalue weighted by Gasteiger charge is -2.20. The molecule has 0 heterocycles. The summed E-state index contributed by atoms with van der Waals surface area (Å²) in [5.41, 5.74) is 7.15. The molecule has 0 aromatic heterocycles. The number of hydrogen-bond acceptors (Lipinski definition) is 5. The van der Waals surface area contributed by atoms with E-state index in [1.54, 1.807) is 18.2 Å². The van der Waals surface area contributed by atoms with Gasteiger partial charge in [0, 0.05) is 5.69 Å². The quantitative estimate of drug-likeness (QED) is 0.626. The Morgan fingerprint density at radius 2 is 2.21 bits per heavy atom. The Balaban J connectivity index is 2.96. The smallest absolute Gasteiger partial charge is 0.328 e. The highest BCUT2D eigenvalue weighted by molar-refractivity contribution is 5.80. The monoisotopic (exact) mass is 261 g/mol. The van der Waals surface area contributed by atoms with Crippen LogP contribution in [0.4, 0.5) is 11.4 Å². The molecule has 102 valence electrons. The van der Waals surface area contributed by atoms with Crippen molar-refractivity contribution in [3.05, 3.63) is 23.8 Å². The molecule has 5 nitrogen and oxygen atoms in total. The lowest BCUT2D eigenvalue weighted by Crippen LogP contribution is -2.32. The number of carbonyl (C=O) groups is 1. The number of rotatable bonds is 5. The second-order valence-corrected chi connectivity index (χ2v) is 4.77. The molecule has 1 aromatic rings. The number of ether oxygens (including phenoxy) is 1. The van der Waals surface area contributed by atoms with Gasteiger partial charge in [-0.3, -0.25) is 0 Å². The molecule has 19 heavy (non-hydrogen) atoms. The Bertz CT molecular complexity index is 492. The van der Waals surface area contributed by atoms with Crippen molar-refractivity contribution in [3.63, 3.8) is 0 Å². The maximum absolute atomic E-state index is 11.7. The molecule has 0 amide bonds. The van der Waals surface area contributed by atoms with Gasteiger partial charge in [-0.25, -0.2) is 4.79 Å². The maximum Gasteiger partial charge on any atom is 0.328 e. The number of carbonyl (C=O) groups excluding carboxylic acids is 1. The molecule has 0 radical (unpaired) electrons. The minimum Gasteiger partial charge on any atom is -0.467 e. The first kappa shape index (κ1) is 14.8. The van der Waals surface area contributed by atoms with Gasteiger partial charge in [0.1, 0.15) is 12.1 Å². The number of methoxy groups -OCH3 is 1. The van der Waals surface area contributed by atoms with Gasteiger partial charge in [-0.1, -0.05) is 13.8 Å². The minimum atomic E-state index is -0.472. The van der Waals surface area contributed by atoms with Crippen LogP contribution in [0.3, 0.4) is 0 Å². The molecular formula is C14H19N3O2. The average Bonchev–Trinajstić information content (AvgIpc) is 2.38. The van der Waals surface area contributed by atoms with Crippen LogP contribution < -0.4 is 11.1 Å². The number of benzene rings is 1.